The largest absolute Gasteiger partial charge is 0.449 e. The summed E-state index contributed by atoms with van der Waals surface area (Å²) < 4.78 is 18.8. The molecule has 1 aliphatic rings. The van der Waals surface area contributed by atoms with Crippen LogP contribution >= 0.6 is 0 Å². The number of ether oxygens (including phenoxy) is 1. The standard InChI is InChI=1S/C20H26FN3O3/c1-13(2)12-27-20(26)24-8-6-23(7-9-24)19(25)11-16-14(3)22-18-5-4-15(21)10-17(16)18/h4-5,10,13,22H,6-9,11-12H2,1-3H3. The summed E-state index contributed by atoms with van der Waals surface area (Å²) in [4.78, 5) is 31.3. The van der Waals surface area contributed by atoms with Crippen LogP contribution in [0.2, 0.25) is 0 Å². The van der Waals surface area contributed by atoms with Crippen LogP contribution in [0.1, 0.15) is 25.1 Å². The zero-order valence-corrected chi connectivity index (χ0v) is 16.0. The van der Waals surface area contributed by atoms with Crippen molar-refractivity contribution in [1.82, 2.24) is 14.8 Å². The molecule has 0 bridgehead atoms. The fourth-order valence-corrected chi connectivity index (χ4v) is 3.31. The Hall–Kier alpha value is -2.57. The Kier molecular flexibility index (Phi) is 5.68. The Balaban J connectivity index is 1.60. The zero-order chi connectivity index (χ0) is 19.6. The number of nitrogens with zero attached hydrogens (tertiary/aromatic N) is 2. The fourth-order valence-electron chi connectivity index (χ4n) is 3.31. The van der Waals surface area contributed by atoms with E-state index in [4.69, 9.17) is 4.74 Å². The molecule has 7 heteroatoms. The van der Waals surface area contributed by atoms with Crippen LogP contribution in [0, 0.1) is 18.7 Å². The summed E-state index contributed by atoms with van der Waals surface area (Å²) in [5.74, 6) is -0.0387. The van der Waals surface area contributed by atoms with Crippen molar-refractivity contribution >= 4 is 22.9 Å². The molecule has 2 heterocycles. The van der Waals surface area contributed by atoms with Gasteiger partial charge >= 0.3 is 6.09 Å². The van der Waals surface area contributed by atoms with Gasteiger partial charge in [-0.3, -0.25) is 4.79 Å². The molecule has 1 N–H and O–H groups in total. The number of piperazine rings is 1. The predicted molar refractivity (Wildman–Crippen MR) is 101 cm³/mol. The van der Waals surface area contributed by atoms with Crippen LogP contribution in [0.4, 0.5) is 9.18 Å². The van der Waals surface area contributed by atoms with Gasteiger partial charge in [-0.1, -0.05) is 13.8 Å². The van der Waals surface area contributed by atoms with Crippen molar-refractivity contribution < 1.29 is 18.7 Å². The van der Waals surface area contributed by atoms with E-state index in [1.54, 1.807) is 15.9 Å². The van der Waals surface area contributed by atoms with E-state index in [2.05, 4.69) is 4.98 Å². The molecule has 0 unspecified atom stereocenters. The molecule has 0 radical (unpaired) electrons. The molecule has 0 aliphatic carbocycles. The summed E-state index contributed by atoms with van der Waals surface area (Å²) in [7, 11) is 0. The van der Waals surface area contributed by atoms with Crippen molar-refractivity contribution in [2.45, 2.75) is 27.2 Å². The fraction of sp³-hybridized carbons (Fsp3) is 0.500. The molecule has 146 valence electrons. The predicted octanol–water partition coefficient (Wildman–Crippen LogP) is 3.09. The molecule has 1 aromatic heterocycles. The maximum absolute atomic E-state index is 13.6. The number of carbonyl (C=O) groups excluding carboxylic acids is 2. The summed E-state index contributed by atoms with van der Waals surface area (Å²) >= 11 is 0. The molecule has 2 amide bonds. The first kappa shape index (κ1) is 19.2. The van der Waals surface area contributed by atoms with Gasteiger partial charge in [0.15, 0.2) is 0 Å². The number of nitrogens with one attached hydrogen (secondary N) is 1. The van der Waals surface area contributed by atoms with Crippen LogP contribution in [0.5, 0.6) is 0 Å². The lowest BCUT2D eigenvalue weighted by atomic mass is 10.1. The number of amides is 2. The highest BCUT2D eigenvalue weighted by Gasteiger charge is 2.26. The van der Waals surface area contributed by atoms with E-state index in [1.807, 2.05) is 20.8 Å². The molecule has 0 saturated carbocycles. The van der Waals surface area contributed by atoms with Gasteiger partial charge < -0.3 is 19.5 Å². The third kappa shape index (κ3) is 4.40. The van der Waals surface area contributed by atoms with Crippen LogP contribution in [-0.2, 0) is 16.0 Å². The average molecular weight is 375 g/mol. The van der Waals surface area contributed by atoms with E-state index in [0.29, 0.717) is 38.7 Å². The van der Waals surface area contributed by atoms with Crippen molar-refractivity contribution in [3.05, 3.63) is 35.3 Å². The number of H-pyrrole nitrogens is 1. The number of rotatable bonds is 4. The third-order valence-corrected chi connectivity index (χ3v) is 4.84. The smallest absolute Gasteiger partial charge is 0.409 e. The van der Waals surface area contributed by atoms with Gasteiger partial charge in [-0.15, -0.1) is 0 Å². The minimum Gasteiger partial charge on any atom is -0.449 e. The average Bonchev–Trinajstić information content (AvgIpc) is 2.94. The zero-order valence-electron chi connectivity index (χ0n) is 16.0. The highest BCUT2D eigenvalue weighted by Crippen LogP contribution is 2.24. The number of aromatic nitrogens is 1. The van der Waals surface area contributed by atoms with Crippen LogP contribution in [0.3, 0.4) is 0 Å². The second-order valence-corrected chi connectivity index (χ2v) is 7.43. The third-order valence-electron chi connectivity index (χ3n) is 4.84. The van der Waals surface area contributed by atoms with Crippen molar-refractivity contribution in [2.75, 3.05) is 32.8 Å². The SMILES string of the molecule is Cc1[nH]c2ccc(F)cc2c1CC(=O)N1CCN(C(=O)OCC(C)C)CC1. The molecule has 2 aromatic rings. The summed E-state index contributed by atoms with van der Waals surface area (Å²) in [6.07, 6.45) is -0.105. The highest BCUT2D eigenvalue weighted by molar-refractivity contribution is 5.90. The lowest BCUT2D eigenvalue weighted by molar-refractivity contribution is -0.132. The van der Waals surface area contributed by atoms with Crippen molar-refractivity contribution in [3.63, 3.8) is 0 Å². The molecule has 0 atom stereocenters. The van der Waals surface area contributed by atoms with Gasteiger partial charge in [-0.2, -0.15) is 0 Å². The first-order valence-corrected chi connectivity index (χ1v) is 9.31. The number of fused-ring (bicyclic) bond motifs is 1. The molecular formula is C20H26FN3O3. The van der Waals surface area contributed by atoms with E-state index in [0.717, 1.165) is 22.2 Å². The van der Waals surface area contributed by atoms with E-state index >= 15 is 0 Å². The van der Waals surface area contributed by atoms with Crippen LogP contribution in [-0.4, -0.2) is 59.6 Å². The van der Waals surface area contributed by atoms with Crippen molar-refractivity contribution in [2.24, 2.45) is 5.92 Å². The first-order valence-electron chi connectivity index (χ1n) is 9.31. The molecule has 6 nitrogen and oxygen atoms in total. The number of benzene rings is 1. The Morgan fingerprint density at radius 1 is 1.19 bits per heavy atom. The Morgan fingerprint density at radius 3 is 2.52 bits per heavy atom. The molecule has 1 fully saturated rings. The van der Waals surface area contributed by atoms with Crippen LogP contribution in [0.25, 0.3) is 10.9 Å². The van der Waals surface area contributed by atoms with Gasteiger partial charge in [0.25, 0.3) is 0 Å². The second kappa shape index (κ2) is 7.98. The Labute approximate surface area is 158 Å². The first-order chi connectivity index (χ1) is 12.8. The number of aryl methyl sites for hydroxylation is 1. The van der Waals surface area contributed by atoms with Crippen molar-refractivity contribution in [1.29, 1.82) is 0 Å². The lowest BCUT2D eigenvalue weighted by Crippen LogP contribution is -2.51. The van der Waals surface area contributed by atoms with Crippen molar-refractivity contribution in [3.8, 4) is 0 Å². The van der Waals surface area contributed by atoms with E-state index in [9.17, 15) is 14.0 Å². The van der Waals surface area contributed by atoms with Gasteiger partial charge in [-0.05, 0) is 36.6 Å². The Morgan fingerprint density at radius 2 is 1.85 bits per heavy atom. The number of carbonyl (C=O) groups is 2. The number of hydrogen-bond acceptors (Lipinski definition) is 3. The van der Waals surface area contributed by atoms with Crippen LogP contribution in [0.15, 0.2) is 18.2 Å². The Bertz CT molecular complexity index is 838. The molecule has 1 saturated heterocycles. The number of halogens is 1. The minimum absolute atomic E-state index is 0.0153. The normalized spacial score (nSPS) is 14.9. The number of aromatic amines is 1. The van der Waals surface area contributed by atoms with E-state index in [1.165, 1.54) is 12.1 Å². The summed E-state index contributed by atoms with van der Waals surface area (Å²) in [6.45, 7) is 8.15. The highest BCUT2D eigenvalue weighted by atomic mass is 19.1. The topological polar surface area (TPSA) is 65.6 Å². The lowest BCUT2D eigenvalue weighted by Gasteiger charge is -2.34. The van der Waals surface area contributed by atoms with Gasteiger partial charge in [0.1, 0.15) is 5.82 Å². The number of hydrogen-bond donors (Lipinski definition) is 1. The molecule has 1 aromatic carbocycles. The maximum Gasteiger partial charge on any atom is 0.409 e. The molecule has 27 heavy (non-hydrogen) atoms. The van der Waals surface area contributed by atoms with E-state index in [-0.39, 0.29) is 24.2 Å². The van der Waals surface area contributed by atoms with Gasteiger partial charge in [-0.25, -0.2) is 9.18 Å². The van der Waals surface area contributed by atoms with Gasteiger partial charge in [0.05, 0.1) is 13.0 Å². The maximum atomic E-state index is 13.6. The molecular weight excluding hydrogens is 349 g/mol. The summed E-state index contributed by atoms with van der Waals surface area (Å²) in [6, 6.07) is 4.55. The molecule has 3 rings (SSSR count). The van der Waals surface area contributed by atoms with Gasteiger partial charge in [0, 0.05) is 42.8 Å². The second-order valence-electron chi connectivity index (χ2n) is 7.43. The monoisotopic (exact) mass is 375 g/mol. The van der Waals surface area contributed by atoms with Gasteiger partial charge in [0.2, 0.25) is 5.91 Å². The minimum atomic E-state index is -0.321. The summed E-state index contributed by atoms with van der Waals surface area (Å²) in [5, 5.41) is 0.747. The quantitative estimate of drug-likeness (QED) is 0.893. The summed E-state index contributed by atoms with van der Waals surface area (Å²) in [5.41, 5.74) is 2.53. The molecule has 0 spiro atoms. The van der Waals surface area contributed by atoms with Crippen LogP contribution < -0.4 is 0 Å². The molecule has 1 aliphatic heterocycles. The van der Waals surface area contributed by atoms with E-state index < -0.39 is 0 Å².